The molecular formula is C12H10N2O2S. The summed E-state index contributed by atoms with van der Waals surface area (Å²) in [5.41, 5.74) is 0.723. The zero-order valence-corrected chi connectivity index (χ0v) is 10.1. The summed E-state index contributed by atoms with van der Waals surface area (Å²) in [5, 5.41) is 17.6. The van der Waals surface area contributed by atoms with Crippen LogP contribution in [0.25, 0.3) is 0 Å². The Bertz CT molecular complexity index is 500. The molecule has 0 atom stereocenters. The van der Waals surface area contributed by atoms with E-state index in [1.807, 2.05) is 12.1 Å². The van der Waals surface area contributed by atoms with Crippen molar-refractivity contribution in [2.45, 2.75) is 11.3 Å². The van der Waals surface area contributed by atoms with E-state index in [0.29, 0.717) is 23.3 Å². The summed E-state index contributed by atoms with van der Waals surface area (Å²) in [6.45, 7) is 0. The number of hydrogen-bond donors (Lipinski definition) is 0. The SMILES string of the molecule is COC(=O)CCSc1ccc(C#N)c(C#N)c1. The van der Waals surface area contributed by atoms with Gasteiger partial charge in [-0.1, -0.05) is 0 Å². The normalized spacial score (nSPS) is 9.12. The fourth-order valence-corrected chi connectivity index (χ4v) is 2.03. The Labute approximate surface area is 104 Å². The first kappa shape index (κ1) is 13.1. The molecule has 0 aliphatic rings. The lowest BCUT2D eigenvalue weighted by molar-refractivity contribution is -0.140. The average Bonchev–Trinajstić information content (AvgIpc) is 2.38. The third kappa shape index (κ3) is 3.82. The number of esters is 1. The highest BCUT2D eigenvalue weighted by molar-refractivity contribution is 7.99. The molecular weight excluding hydrogens is 236 g/mol. The molecule has 86 valence electrons. The van der Waals surface area contributed by atoms with Crippen molar-refractivity contribution in [1.82, 2.24) is 0 Å². The second kappa shape index (κ2) is 6.57. The van der Waals surface area contributed by atoms with Gasteiger partial charge < -0.3 is 4.74 Å². The number of methoxy groups -OCH3 is 1. The van der Waals surface area contributed by atoms with Gasteiger partial charge in [0.05, 0.1) is 24.7 Å². The van der Waals surface area contributed by atoms with Crippen LogP contribution in [0.15, 0.2) is 23.1 Å². The number of ether oxygens (including phenoxy) is 1. The molecule has 17 heavy (non-hydrogen) atoms. The van der Waals surface area contributed by atoms with E-state index in [0.717, 1.165) is 4.90 Å². The predicted molar refractivity (Wildman–Crippen MR) is 63.2 cm³/mol. The molecule has 0 aliphatic heterocycles. The van der Waals surface area contributed by atoms with Crippen LogP contribution in [0, 0.1) is 22.7 Å². The fourth-order valence-electron chi connectivity index (χ4n) is 1.16. The third-order valence-corrected chi connectivity index (χ3v) is 3.03. The summed E-state index contributed by atoms with van der Waals surface area (Å²) in [6, 6.07) is 8.95. The first-order valence-corrected chi connectivity index (χ1v) is 5.83. The molecule has 0 N–H and O–H groups in total. The monoisotopic (exact) mass is 246 g/mol. The maximum absolute atomic E-state index is 10.9. The lowest BCUT2D eigenvalue weighted by atomic mass is 10.1. The minimum absolute atomic E-state index is 0.258. The van der Waals surface area contributed by atoms with Gasteiger partial charge in [0, 0.05) is 10.6 Å². The van der Waals surface area contributed by atoms with E-state index in [2.05, 4.69) is 4.74 Å². The van der Waals surface area contributed by atoms with E-state index in [1.54, 1.807) is 18.2 Å². The minimum atomic E-state index is -0.258. The molecule has 0 amide bonds. The number of benzene rings is 1. The van der Waals surface area contributed by atoms with Crippen LogP contribution in [0.2, 0.25) is 0 Å². The third-order valence-electron chi connectivity index (χ3n) is 2.03. The summed E-state index contributed by atoms with van der Waals surface area (Å²) in [5.74, 6) is 0.329. The Kier molecular flexibility index (Phi) is 5.06. The molecule has 1 rings (SSSR count). The van der Waals surface area contributed by atoms with Crippen molar-refractivity contribution in [1.29, 1.82) is 10.5 Å². The van der Waals surface area contributed by atoms with Crippen LogP contribution in [0.3, 0.4) is 0 Å². The minimum Gasteiger partial charge on any atom is -0.469 e. The second-order valence-corrected chi connectivity index (χ2v) is 4.27. The molecule has 0 fully saturated rings. The molecule has 0 aliphatic carbocycles. The van der Waals surface area contributed by atoms with Crippen LogP contribution in [-0.2, 0) is 9.53 Å². The van der Waals surface area contributed by atoms with E-state index in [1.165, 1.54) is 18.9 Å². The summed E-state index contributed by atoms with van der Waals surface area (Å²) in [7, 11) is 1.35. The highest BCUT2D eigenvalue weighted by Gasteiger charge is 2.05. The second-order valence-electron chi connectivity index (χ2n) is 3.11. The van der Waals surface area contributed by atoms with Gasteiger partial charge in [0.1, 0.15) is 12.1 Å². The van der Waals surface area contributed by atoms with Crippen LogP contribution >= 0.6 is 11.8 Å². The van der Waals surface area contributed by atoms with Gasteiger partial charge in [-0.3, -0.25) is 4.79 Å². The van der Waals surface area contributed by atoms with E-state index in [4.69, 9.17) is 10.5 Å². The molecule has 0 heterocycles. The van der Waals surface area contributed by atoms with Crippen LogP contribution in [0.5, 0.6) is 0 Å². The number of hydrogen-bond acceptors (Lipinski definition) is 5. The van der Waals surface area contributed by atoms with Gasteiger partial charge >= 0.3 is 5.97 Å². The molecule has 0 unspecified atom stereocenters. The smallest absolute Gasteiger partial charge is 0.306 e. The van der Waals surface area contributed by atoms with Gasteiger partial charge in [0.25, 0.3) is 0 Å². The summed E-state index contributed by atoms with van der Waals surface area (Å²) >= 11 is 1.45. The van der Waals surface area contributed by atoms with E-state index in [-0.39, 0.29) is 5.97 Å². The Hall–Kier alpha value is -1.98. The number of carbonyl (C=O) groups is 1. The molecule has 4 nitrogen and oxygen atoms in total. The molecule has 0 saturated carbocycles. The standard InChI is InChI=1S/C12H10N2O2S/c1-16-12(15)4-5-17-11-3-2-9(7-13)10(6-11)8-14/h2-3,6H,4-5H2,1H3. The van der Waals surface area contributed by atoms with Crippen molar-refractivity contribution >= 4 is 17.7 Å². The van der Waals surface area contributed by atoms with Crippen molar-refractivity contribution in [3.05, 3.63) is 29.3 Å². The van der Waals surface area contributed by atoms with Crippen molar-refractivity contribution in [2.24, 2.45) is 0 Å². The van der Waals surface area contributed by atoms with Gasteiger partial charge in [-0.05, 0) is 18.2 Å². The lowest BCUT2D eigenvalue weighted by Crippen LogP contribution is -2.00. The Balaban J connectivity index is 2.65. The molecule has 0 radical (unpaired) electrons. The van der Waals surface area contributed by atoms with Crippen LogP contribution in [0.1, 0.15) is 17.5 Å². The molecule has 0 saturated heterocycles. The number of nitriles is 2. The van der Waals surface area contributed by atoms with Crippen LogP contribution in [-0.4, -0.2) is 18.8 Å². The van der Waals surface area contributed by atoms with Crippen LogP contribution in [0.4, 0.5) is 0 Å². The molecule has 0 spiro atoms. The van der Waals surface area contributed by atoms with E-state index in [9.17, 15) is 4.79 Å². The van der Waals surface area contributed by atoms with E-state index >= 15 is 0 Å². The fraction of sp³-hybridized carbons (Fsp3) is 0.250. The Morgan fingerprint density at radius 1 is 1.35 bits per heavy atom. The Morgan fingerprint density at radius 3 is 2.65 bits per heavy atom. The number of rotatable bonds is 4. The molecule has 0 bridgehead atoms. The average molecular weight is 246 g/mol. The topological polar surface area (TPSA) is 73.9 Å². The van der Waals surface area contributed by atoms with Gasteiger partial charge in [-0.25, -0.2) is 0 Å². The number of carbonyl (C=O) groups excluding carboxylic acids is 1. The molecule has 0 aromatic heterocycles. The highest BCUT2D eigenvalue weighted by atomic mass is 32.2. The lowest BCUT2D eigenvalue weighted by Gasteiger charge is -2.02. The van der Waals surface area contributed by atoms with Gasteiger partial charge in [-0.15, -0.1) is 11.8 Å². The van der Waals surface area contributed by atoms with Crippen molar-refractivity contribution in [3.63, 3.8) is 0 Å². The Morgan fingerprint density at radius 2 is 2.06 bits per heavy atom. The zero-order chi connectivity index (χ0) is 12.7. The van der Waals surface area contributed by atoms with Crippen LogP contribution < -0.4 is 0 Å². The molecule has 1 aromatic rings. The maximum atomic E-state index is 10.9. The first-order valence-electron chi connectivity index (χ1n) is 4.85. The highest BCUT2D eigenvalue weighted by Crippen LogP contribution is 2.21. The van der Waals surface area contributed by atoms with E-state index < -0.39 is 0 Å². The summed E-state index contributed by atoms with van der Waals surface area (Å²) < 4.78 is 4.52. The number of thioether (sulfide) groups is 1. The number of nitrogens with zero attached hydrogens (tertiary/aromatic N) is 2. The predicted octanol–water partition coefficient (Wildman–Crippen LogP) is 2.09. The van der Waals surface area contributed by atoms with Crippen molar-refractivity contribution in [2.75, 3.05) is 12.9 Å². The first-order chi connectivity index (χ1) is 8.21. The maximum Gasteiger partial charge on any atom is 0.306 e. The summed E-state index contributed by atoms with van der Waals surface area (Å²) in [6.07, 6.45) is 0.322. The van der Waals surface area contributed by atoms with Gasteiger partial charge in [0.15, 0.2) is 0 Å². The van der Waals surface area contributed by atoms with Crippen molar-refractivity contribution < 1.29 is 9.53 Å². The zero-order valence-electron chi connectivity index (χ0n) is 9.27. The largest absolute Gasteiger partial charge is 0.469 e. The van der Waals surface area contributed by atoms with Gasteiger partial charge in [-0.2, -0.15) is 10.5 Å². The summed E-state index contributed by atoms with van der Waals surface area (Å²) in [4.78, 5) is 11.8. The van der Waals surface area contributed by atoms with Crippen molar-refractivity contribution in [3.8, 4) is 12.1 Å². The molecule has 5 heteroatoms. The quantitative estimate of drug-likeness (QED) is 0.600. The molecule has 1 aromatic carbocycles. The van der Waals surface area contributed by atoms with Gasteiger partial charge in [0.2, 0.25) is 0 Å².